The Hall–Kier alpha value is -2.48. The first kappa shape index (κ1) is 18.9. The number of aliphatic hydroxyl groups is 1. The summed E-state index contributed by atoms with van der Waals surface area (Å²) in [4.78, 5) is 0. The van der Waals surface area contributed by atoms with Gasteiger partial charge in [0.15, 0.2) is 23.0 Å². The average Bonchev–Trinajstić information content (AvgIpc) is 3.22. The Morgan fingerprint density at radius 1 is 0.893 bits per heavy atom. The van der Waals surface area contributed by atoms with E-state index in [0.29, 0.717) is 23.9 Å². The number of phenols is 1. The van der Waals surface area contributed by atoms with Crippen LogP contribution >= 0.6 is 0 Å². The number of ether oxygens (including phenoxy) is 5. The SMILES string of the molecule is COc1cc([C@H]2OC[C@@H]3[C@@H](c4ccc(OC)c(OC)c4)OC[C@]23O)ccc1O. The summed E-state index contributed by atoms with van der Waals surface area (Å²) in [7, 11) is 4.65. The zero-order valence-corrected chi connectivity index (χ0v) is 16.0. The quantitative estimate of drug-likeness (QED) is 0.814. The van der Waals surface area contributed by atoms with Gasteiger partial charge in [0.25, 0.3) is 0 Å². The van der Waals surface area contributed by atoms with Crippen LogP contribution < -0.4 is 14.2 Å². The molecule has 2 aromatic carbocycles. The highest BCUT2D eigenvalue weighted by molar-refractivity contribution is 5.45. The smallest absolute Gasteiger partial charge is 0.161 e. The zero-order chi connectivity index (χ0) is 19.9. The predicted molar refractivity (Wildman–Crippen MR) is 100 cm³/mol. The molecule has 0 aromatic heterocycles. The summed E-state index contributed by atoms with van der Waals surface area (Å²) in [5, 5.41) is 21.3. The van der Waals surface area contributed by atoms with Crippen molar-refractivity contribution in [1.82, 2.24) is 0 Å². The first-order valence-electron chi connectivity index (χ1n) is 9.06. The topological polar surface area (TPSA) is 86.6 Å². The number of rotatable bonds is 5. The predicted octanol–water partition coefficient (Wildman–Crippen LogP) is 2.61. The van der Waals surface area contributed by atoms with Crippen molar-refractivity contribution in [2.75, 3.05) is 34.5 Å². The van der Waals surface area contributed by atoms with E-state index in [4.69, 9.17) is 23.7 Å². The lowest BCUT2D eigenvalue weighted by molar-refractivity contribution is -0.0628. The highest BCUT2D eigenvalue weighted by Crippen LogP contribution is 2.54. The summed E-state index contributed by atoms with van der Waals surface area (Å²) in [5.74, 6) is 1.38. The van der Waals surface area contributed by atoms with Crippen LogP contribution in [0, 0.1) is 5.92 Å². The van der Waals surface area contributed by atoms with Gasteiger partial charge in [-0.1, -0.05) is 12.1 Å². The molecule has 2 fully saturated rings. The minimum atomic E-state index is -1.18. The molecule has 2 aromatic rings. The van der Waals surface area contributed by atoms with Gasteiger partial charge in [-0.25, -0.2) is 0 Å². The third kappa shape index (κ3) is 2.87. The van der Waals surface area contributed by atoms with Gasteiger partial charge < -0.3 is 33.9 Å². The fourth-order valence-corrected chi connectivity index (χ4v) is 4.16. The fraction of sp³-hybridized carbons (Fsp3) is 0.429. The summed E-state index contributed by atoms with van der Waals surface area (Å²) < 4.78 is 27.9. The lowest BCUT2D eigenvalue weighted by Gasteiger charge is -2.27. The number of fused-ring (bicyclic) bond motifs is 1. The molecule has 0 aliphatic carbocycles. The third-order valence-corrected chi connectivity index (χ3v) is 5.64. The molecule has 2 saturated heterocycles. The van der Waals surface area contributed by atoms with Crippen molar-refractivity contribution >= 4 is 0 Å². The largest absolute Gasteiger partial charge is 0.504 e. The number of aromatic hydroxyl groups is 1. The van der Waals surface area contributed by atoms with Gasteiger partial charge in [-0.15, -0.1) is 0 Å². The van der Waals surface area contributed by atoms with E-state index in [-0.39, 0.29) is 24.4 Å². The Labute approximate surface area is 163 Å². The number of methoxy groups -OCH3 is 3. The van der Waals surface area contributed by atoms with Crippen LogP contribution in [0.5, 0.6) is 23.0 Å². The Kier molecular flexibility index (Phi) is 4.82. The molecule has 2 N–H and O–H groups in total. The van der Waals surface area contributed by atoms with E-state index in [1.165, 1.54) is 13.2 Å². The molecule has 7 nitrogen and oxygen atoms in total. The van der Waals surface area contributed by atoms with Gasteiger partial charge in [0, 0.05) is 5.92 Å². The minimum absolute atomic E-state index is 0.0404. The normalized spacial score (nSPS) is 28.8. The van der Waals surface area contributed by atoms with E-state index in [9.17, 15) is 10.2 Å². The Balaban J connectivity index is 1.63. The third-order valence-electron chi connectivity index (χ3n) is 5.64. The molecule has 28 heavy (non-hydrogen) atoms. The van der Waals surface area contributed by atoms with Gasteiger partial charge in [0.05, 0.1) is 40.6 Å². The monoisotopic (exact) mass is 388 g/mol. The number of benzene rings is 2. The molecule has 0 spiro atoms. The van der Waals surface area contributed by atoms with E-state index >= 15 is 0 Å². The van der Waals surface area contributed by atoms with Crippen molar-refractivity contribution in [3.05, 3.63) is 47.5 Å². The van der Waals surface area contributed by atoms with Gasteiger partial charge in [-0.2, -0.15) is 0 Å². The van der Waals surface area contributed by atoms with E-state index in [0.717, 1.165) is 11.1 Å². The van der Waals surface area contributed by atoms with Crippen LogP contribution in [0.3, 0.4) is 0 Å². The van der Waals surface area contributed by atoms with Crippen LogP contribution in [0.1, 0.15) is 23.3 Å². The first-order chi connectivity index (χ1) is 13.5. The summed E-state index contributed by atoms with van der Waals surface area (Å²) >= 11 is 0. The molecule has 4 atom stereocenters. The summed E-state index contributed by atoms with van der Waals surface area (Å²) in [6.45, 7) is 0.494. The zero-order valence-electron chi connectivity index (χ0n) is 16.0. The minimum Gasteiger partial charge on any atom is -0.504 e. The Bertz CT molecular complexity index is 868. The standard InChI is InChI=1S/C21H24O7/c1-24-16-7-5-12(8-18(16)26-3)19-14-10-27-20(21(14,23)11-28-19)13-4-6-15(22)17(9-13)25-2/h4-9,14,19-20,22-23H,10-11H2,1-3H3/t14-,19-,20-,21-/m1/s1. The fourth-order valence-electron chi connectivity index (χ4n) is 4.16. The first-order valence-corrected chi connectivity index (χ1v) is 9.06. The highest BCUT2D eigenvalue weighted by Gasteiger charge is 2.59. The number of hydrogen-bond acceptors (Lipinski definition) is 7. The molecule has 0 saturated carbocycles. The molecule has 4 rings (SSSR count). The summed E-state index contributed by atoms with van der Waals surface area (Å²) in [5.41, 5.74) is 0.446. The van der Waals surface area contributed by atoms with Crippen LogP contribution in [-0.4, -0.2) is 50.4 Å². The molecule has 7 heteroatoms. The maximum absolute atomic E-state index is 11.4. The average molecular weight is 388 g/mol. The summed E-state index contributed by atoms with van der Waals surface area (Å²) in [6, 6.07) is 10.6. The van der Waals surface area contributed by atoms with Crippen LogP contribution in [-0.2, 0) is 9.47 Å². The van der Waals surface area contributed by atoms with Gasteiger partial charge in [-0.3, -0.25) is 0 Å². The van der Waals surface area contributed by atoms with Crippen molar-refractivity contribution in [3.63, 3.8) is 0 Å². The molecule has 0 unspecified atom stereocenters. The van der Waals surface area contributed by atoms with E-state index < -0.39 is 11.7 Å². The van der Waals surface area contributed by atoms with Crippen LogP contribution in [0.2, 0.25) is 0 Å². The molecule has 0 bridgehead atoms. The van der Waals surface area contributed by atoms with Gasteiger partial charge >= 0.3 is 0 Å². The second-order valence-corrected chi connectivity index (χ2v) is 7.09. The van der Waals surface area contributed by atoms with E-state index in [1.54, 1.807) is 26.4 Å². The molecule has 0 radical (unpaired) electrons. The van der Waals surface area contributed by atoms with Crippen molar-refractivity contribution in [2.45, 2.75) is 17.8 Å². The van der Waals surface area contributed by atoms with E-state index in [2.05, 4.69) is 0 Å². The molecule has 150 valence electrons. The number of phenolic OH excluding ortho intramolecular Hbond substituents is 1. The molecule has 0 amide bonds. The number of hydrogen-bond donors (Lipinski definition) is 2. The maximum atomic E-state index is 11.4. The lowest BCUT2D eigenvalue weighted by Crippen LogP contribution is -2.39. The Morgan fingerprint density at radius 3 is 2.29 bits per heavy atom. The second-order valence-electron chi connectivity index (χ2n) is 7.09. The second kappa shape index (κ2) is 7.16. The van der Waals surface area contributed by atoms with Gasteiger partial charge in [-0.05, 0) is 35.4 Å². The van der Waals surface area contributed by atoms with Gasteiger partial charge in [0.1, 0.15) is 11.7 Å². The molecule has 2 aliphatic heterocycles. The van der Waals surface area contributed by atoms with Crippen LogP contribution in [0.15, 0.2) is 36.4 Å². The van der Waals surface area contributed by atoms with Crippen molar-refractivity contribution < 1.29 is 33.9 Å². The summed E-state index contributed by atoms with van der Waals surface area (Å²) in [6.07, 6.45) is -0.897. The molecule has 2 aliphatic rings. The molecular weight excluding hydrogens is 364 g/mol. The molecule has 2 heterocycles. The van der Waals surface area contributed by atoms with Crippen molar-refractivity contribution in [1.29, 1.82) is 0 Å². The van der Waals surface area contributed by atoms with Gasteiger partial charge in [0.2, 0.25) is 0 Å². The van der Waals surface area contributed by atoms with Crippen LogP contribution in [0.4, 0.5) is 0 Å². The maximum Gasteiger partial charge on any atom is 0.161 e. The lowest BCUT2D eigenvalue weighted by atomic mass is 9.81. The van der Waals surface area contributed by atoms with E-state index in [1.807, 2.05) is 18.2 Å². The van der Waals surface area contributed by atoms with Crippen LogP contribution in [0.25, 0.3) is 0 Å². The molecular formula is C21H24O7. The van der Waals surface area contributed by atoms with Crippen molar-refractivity contribution in [3.8, 4) is 23.0 Å². The van der Waals surface area contributed by atoms with Crippen molar-refractivity contribution in [2.24, 2.45) is 5.92 Å². The highest BCUT2D eigenvalue weighted by atomic mass is 16.6. The Morgan fingerprint density at radius 2 is 1.57 bits per heavy atom.